The van der Waals surface area contributed by atoms with Gasteiger partial charge in [0.2, 0.25) is 0 Å². The molecule has 5 nitrogen and oxygen atoms in total. The van der Waals surface area contributed by atoms with Gasteiger partial charge in [-0.05, 0) is 25.5 Å². The van der Waals surface area contributed by atoms with Crippen LogP contribution in [0.4, 0.5) is 0 Å². The lowest BCUT2D eigenvalue weighted by atomic mass is 10.1. The highest BCUT2D eigenvalue weighted by molar-refractivity contribution is 5.85. The van der Waals surface area contributed by atoms with E-state index in [0.717, 1.165) is 25.5 Å². The van der Waals surface area contributed by atoms with Crippen LogP contribution < -0.4 is 5.32 Å². The van der Waals surface area contributed by atoms with Crippen LogP contribution in [-0.4, -0.2) is 19.3 Å². The summed E-state index contributed by atoms with van der Waals surface area (Å²) in [6.45, 7) is 6.74. The van der Waals surface area contributed by atoms with E-state index in [0.29, 0.717) is 0 Å². The molecule has 0 saturated heterocycles. The van der Waals surface area contributed by atoms with Gasteiger partial charge < -0.3 is 14.5 Å². The van der Waals surface area contributed by atoms with E-state index >= 15 is 0 Å². The summed E-state index contributed by atoms with van der Waals surface area (Å²) in [5, 5.41) is 12.9. The molecule has 0 aliphatic carbocycles. The van der Waals surface area contributed by atoms with E-state index in [1.807, 2.05) is 0 Å². The minimum atomic E-state index is 0.731. The standard InChI is InChI=1S/C16H21N5/c1-4-21-11-18-19-16(21)10-17-9-15-12(2)13-7-5-6-8-14(13)20(15)3/h5-8,11,17H,4,9-10H2,1-3H3. The molecule has 3 aromatic rings. The third-order valence-electron chi connectivity index (χ3n) is 4.12. The number of hydrogen-bond donors (Lipinski definition) is 1. The number of aryl methyl sites for hydroxylation is 3. The van der Waals surface area contributed by atoms with Crippen LogP contribution in [0.15, 0.2) is 30.6 Å². The molecule has 2 heterocycles. The fraction of sp³-hybridized carbons (Fsp3) is 0.375. The first kappa shape index (κ1) is 13.8. The average molecular weight is 283 g/mol. The summed E-state index contributed by atoms with van der Waals surface area (Å²) in [5.41, 5.74) is 3.94. The van der Waals surface area contributed by atoms with Crippen LogP contribution in [0.25, 0.3) is 10.9 Å². The second kappa shape index (κ2) is 5.69. The molecule has 0 bridgehead atoms. The third kappa shape index (κ3) is 2.45. The van der Waals surface area contributed by atoms with Crippen LogP contribution in [0.2, 0.25) is 0 Å². The lowest BCUT2D eigenvalue weighted by molar-refractivity contribution is 0.597. The molecular weight excluding hydrogens is 262 g/mol. The number of para-hydroxylation sites is 1. The Morgan fingerprint density at radius 1 is 1.19 bits per heavy atom. The highest BCUT2D eigenvalue weighted by Gasteiger charge is 2.11. The fourth-order valence-electron chi connectivity index (χ4n) is 2.86. The quantitative estimate of drug-likeness (QED) is 0.782. The molecule has 1 N–H and O–H groups in total. The Morgan fingerprint density at radius 2 is 2.00 bits per heavy atom. The zero-order valence-electron chi connectivity index (χ0n) is 12.8. The van der Waals surface area contributed by atoms with Crippen LogP contribution in [-0.2, 0) is 26.7 Å². The van der Waals surface area contributed by atoms with Crippen LogP contribution >= 0.6 is 0 Å². The van der Waals surface area contributed by atoms with Gasteiger partial charge >= 0.3 is 0 Å². The Hall–Kier alpha value is -2.14. The molecule has 3 rings (SSSR count). The molecule has 0 aliphatic rings. The van der Waals surface area contributed by atoms with E-state index < -0.39 is 0 Å². The Bertz CT molecular complexity index is 714. The van der Waals surface area contributed by atoms with Crippen molar-refractivity contribution in [3.63, 3.8) is 0 Å². The summed E-state index contributed by atoms with van der Waals surface area (Å²) in [6, 6.07) is 8.53. The zero-order chi connectivity index (χ0) is 14.8. The van der Waals surface area contributed by atoms with Gasteiger partial charge in [-0.1, -0.05) is 18.2 Å². The third-order valence-corrected chi connectivity index (χ3v) is 4.12. The molecule has 2 aromatic heterocycles. The van der Waals surface area contributed by atoms with Gasteiger partial charge in [-0.25, -0.2) is 0 Å². The van der Waals surface area contributed by atoms with Crippen LogP contribution in [0.1, 0.15) is 24.0 Å². The van der Waals surface area contributed by atoms with Gasteiger partial charge in [0.25, 0.3) is 0 Å². The van der Waals surface area contributed by atoms with E-state index in [2.05, 4.69) is 69.8 Å². The van der Waals surface area contributed by atoms with Gasteiger partial charge in [0.05, 0.1) is 6.54 Å². The monoisotopic (exact) mass is 283 g/mol. The summed E-state index contributed by atoms with van der Waals surface area (Å²) >= 11 is 0. The molecule has 0 radical (unpaired) electrons. The van der Waals surface area contributed by atoms with Gasteiger partial charge in [-0.3, -0.25) is 0 Å². The SMILES string of the molecule is CCn1cnnc1CNCc1c(C)c2ccccc2n1C. The predicted octanol–water partition coefficient (Wildman–Crippen LogP) is 2.39. The van der Waals surface area contributed by atoms with E-state index in [9.17, 15) is 0 Å². The number of benzene rings is 1. The molecule has 0 saturated carbocycles. The van der Waals surface area contributed by atoms with E-state index in [-0.39, 0.29) is 0 Å². The number of nitrogens with zero attached hydrogens (tertiary/aromatic N) is 4. The number of fused-ring (bicyclic) bond motifs is 1. The second-order valence-electron chi connectivity index (χ2n) is 5.28. The molecule has 0 spiro atoms. The second-order valence-corrected chi connectivity index (χ2v) is 5.28. The number of aromatic nitrogens is 4. The summed E-state index contributed by atoms with van der Waals surface area (Å²) in [6.07, 6.45) is 1.78. The van der Waals surface area contributed by atoms with E-state index in [1.54, 1.807) is 6.33 Å². The Balaban J connectivity index is 1.77. The highest BCUT2D eigenvalue weighted by atomic mass is 15.3. The van der Waals surface area contributed by atoms with Crippen molar-refractivity contribution < 1.29 is 0 Å². The van der Waals surface area contributed by atoms with Gasteiger partial charge in [-0.15, -0.1) is 10.2 Å². The van der Waals surface area contributed by atoms with Crippen molar-refractivity contribution in [2.24, 2.45) is 7.05 Å². The first-order chi connectivity index (χ1) is 10.2. The normalized spacial score (nSPS) is 11.4. The van der Waals surface area contributed by atoms with Crippen LogP contribution in [0.5, 0.6) is 0 Å². The van der Waals surface area contributed by atoms with E-state index in [4.69, 9.17) is 0 Å². The summed E-state index contributed by atoms with van der Waals surface area (Å²) in [7, 11) is 2.13. The van der Waals surface area contributed by atoms with Crippen molar-refractivity contribution in [3.8, 4) is 0 Å². The molecule has 5 heteroatoms. The Morgan fingerprint density at radius 3 is 2.76 bits per heavy atom. The molecule has 0 fully saturated rings. The van der Waals surface area contributed by atoms with Gasteiger partial charge in [-0.2, -0.15) is 0 Å². The first-order valence-corrected chi connectivity index (χ1v) is 7.32. The van der Waals surface area contributed by atoms with Crippen molar-refractivity contribution in [2.75, 3.05) is 0 Å². The van der Waals surface area contributed by atoms with Crippen molar-refractivity contribution in [2.45, 2.75) is 33.5 Å². The van der Waals surface area contributed by atoms with Crippen LogP contribution in [0, 0.1) is 6.92 Å². The summed E-state index contributed by atoms with van der Waals surface area (Å²) in [4.78, 5) is 0. The van der Waals surface area contributed by atoms with E-state index in [1.165, 1.54) is 22.2 Å². The number of nitrogens with one attached hydrogen (secondary N) is 1. The zero-order valence-corrected chi connectivity index (χ0v) is 12.8. The molecule has 0 amide bonds. The highest BCUT2D eigenvalue weighted by Crippen LogP contribution is 2.24. The Kier molecular flexibility index (Phi) is 3.75. The topological polar surface area (TPSA) is 47.7 Å². The van der Waals surface area contributed by atoms with Crippen molar-refractivity contribution in [1.82, 2.24) is 24.6 Å². The summed E-state index contributed by atoms with van der Waals surface area (Å²) in [5.74, 6) is 0.980. The maximum Gasteiger partial charge on any atom is 0.146 e. The number of hydrogen-bond acceptors (Lipinski definition) is 3. The van der Waals surface area contributed by atoms with Gasteiger partial charge in [0.15, 0.2) is 0 Å². The maximum atomic E-state index is 4.15. The van der Waals surface area contributed by atoms with Gasteiger partial charge in [0.1, 0.15) is 12.2 Å². The van der Waals surface area contributed by atoms with Crippen molar-refractivity contribution in [3.05, 3.63) is 47.7 Å². The van der Waals surface area contributed by atoms with Gasteiger partial charge in [0, 0.05) is 36.7 Å². The van der Waals surface area contributed by atoms with Crippen LogP contribution in [0.3, 0.4) is 0 Å². The molecule has 1 aromatic carbocycles. The molecular formula is C16H21N5. The maximum absolute atomic E-state index is 4.15. The molecule has 21 heavy (non-hydrogen) atoms. The van der Waals surface area contributed by atoms with Crippen molar-refractivity contribution in [1.29, 1.82) is 0 Å². The first-order valence-electron chi connectivity index (χ1n) is 7.32. The predicted molar refractivity (Wildman–Crippen MR) is 83.9 cm³/mol. The lowest BCUT2D eigenvalue weighted by Gasteiger charge is -2.08. The smallest absolute Gasteiger partial charge is 0.146 e. The largest absolute Gasteiger partial charge is 0.346 e. The van der Waals surface area contributed by atoms with Crippen molar-refractivity contribution >= 4 is 10.9 Å². The average Bonchev–Trinajstić information content (AvgIpc) is 3.06. The minimum Gasteiger partial charge on any atom is -0.346 e. The number of rotatable bonds is 5. The molecule has 0 unspecified atom stereocenters. The molecule has 110 valence electrons. The minimum absolute atomic E-state index is 0.731. The lowest BCUT2D eigenvalue weighted by Crippen LogP contribution is -2.18. The molecule has 0 atom stereocenters. The summed E-state index contributed by atoms with van der Waals surface area (Å²) < 4.78 is 4.32. The molecule has 0 aliphatic heterocycles. The Labute approximate surface area is 124 Å². The fourth-order valence-corrected chi connectivity index (χ4v) is 2.86.